The molecule has 3 atom stereocenters. The fourth-order valence-electron chi connectivity index (χ4n) is 1.91. The Bertz CT molecular complexity index is 480. The SMILES string of the molecule is O=c1[nH]cc(C2CC(O)C(CO)N2)c(=O)[nH]1. The zero-order valence-corrected chi connectivity index (χ0v) is 8.43. The number of H-pyrrole nitrogens is 2. The molecule has 16 heavy (non-hydrogen) atoms. The van der Waals surface area contributed by atoms with Gasteiger partial charge in [0.15, 0.2) is 0 Å². The number of rotatable bonds is 2. The molecular formula is C9H13N3O4. The molecule has 2 rings (SSSR count). The van der Waals surface area contributed by atoms with E-state index in [0.717, 1.165) is 0 Å². The predicted octanol–water partition coefficient (Wildman–Crippen LogP) is -2.18. The summed E-state index contributed by atoms with van der Waals surface area (Å²) < 4.78 is 0. The van der Waals surface area contributed by atoms with Crippen molar-refractivity contribution in [2.24, 2.45) is 0 Å². The molecule has 0 saturated carbocycles. The molecule has 3 unspecified atom stereocenters. The molecule has 1 fully saturated rings. The van der Waals surface area contributed by atoms with Crippen LogP contribution in [0.4, 0.5) is 0 Å². The van der Waals surface area contributed by atoms with Crippen LogP contribution in [0, 0.1) is 0 Å². The number of aliphatic hydroxyl groups is 2. The van der Waals surface area contributed by atoms with Gasteiger partial charge in [0.25, 0.3) is 5.56 Å². The highest BCUT2D eigenvalue weighted by atomic mass is 16.3. The van der Waals surface area contributed by atoms with Gasteiger partial charge in [-0.2, -0.15) is 0 Å². The highest BCUT2D eigenvalue weighted by Gasteiger charge is 2.33. The van der Waals surface area contributed by atoms with Gasteiger partial charge >= 0.3 is 5.69 Å². The molecule has 1 aliphatic heterocycles. The summed E-state index contributed by atoms with van der Waals surface area (Å²) in [6.45, 7) is -0.196. The van der Waals surface area contributed by atoms with Crippen molar-refractivity contribution in [2.75, 3.05) is 6.61 Å². The third-order valence-corrected chi connectivity index (χ3v) is 2.78. The summed E-state index contributed by atoms with van der Waals surface area (Å²) in [6, 6.07) is -0.788. The molecule has 88 valence electrons. The first-order chi connectivity index (χ1) is 7.61. The molecule has 0 spiro atoms. The lowest BCUT2D eigenvalue weighted by Crippen LogP contribution is -2.36. The lowest BCUT2D eigenvalue weighted by atomic mass is 10.1. The van der Waals surface area contributed by atoms with E-state index in [2.05, 4.69) is 15.3 Å². The molecule has 1 saturated heterocycles. The summed E-state index contributed by atoms with van der Waals surface area (Å²) in [4.78, 5) is 26.8. The molecule has 1 aromatic rings. The van der Waals surface area contributed by atoms with Crippen LogP contribution >= 0.6 is 0 Å². The van der Waals surface area contributed by atoms with Crippen molar-refractivity contribution in [2.45, 2.75) is 24.6 Å². The Morgan fingerprint density at radius 2 is 2.19 bits per heavy atom. The Labute approximate surface area is 90.2 Å². The lowest BCUT2D eigenvalue weighted by molar-refractivity contribution is 0.121. The fraction of sp³-hybridized carbons (Fsp3) is 0.556. The molecule has 0 aromatic carbocycles. The van der Waals surface area contributed by atoms with Crippen LogP contribution in [0.2, 0.25) is 0 Å². The van der Waals surface area contributed by atoms with Crippen LogP contribution in [-0.4, -0.2) is 38.9 Å². The van der Waals surface area contributed by atoms with E-state index in [4.69, 9.17) is 5.11 Å². The largest absolute Gasteiger partial charge is 0.395 e. The second-order valence-corrected chi connectivity index (χ2v) is 3.84. The number of hydrogen-bond acceptors (Lipinski definition) is 5. The van der Waals surface area contributed by atoms with E-state index in [1.54, 1.807) is 0 Å². The highest BCUT2D eigenvalue weighted by Crippen LogP contribution is 2.23. The van der Waals surface area contributed by atoms with E-state index in [0.29, 0.717) is 12.0 Å². The van der Waals surface area contributed by atoms with Crippen LogP contribution in [0.25, 0.3) is 0 Å². The molecule has 0 amide bonds. The van der Waals surface area contributed by atoms with Crippen LogP contribution in [-0.2, 0) is 0 Å². The van der Waals surface area contributed by atoms with Gasteiger partial charge < -0.3 is 20.5 Å². The Morgan fingerprint density at radius 1 is 1.44 bits per heavy atom. The van der Waals surface area contributed by atoms with Gasteiger partial charge in [0.1, 0.15) is 0 Å². The van der Waals surface area contributed by atoms with E-state index in [1.165, 1.54) is 6.20 Å². The Hall–Kier alpha value is -1.44. The van der Waals surface area contributed by atoms with Crippen molar-refractivity contribution in [1.82, 2.24) is 15.3 Å². The van der Waals surface area contributed by atoms with Gasteiger partial charge in [-0.05, 0) is 6.42 Å². The first-order valence-corrected chi connectivity index (χ1v) is 4.98. The van der Waals surface area contributed by atoms with Crippen LogP contribution in [0.3, 0.4) is 0 Å². The second kappa shape index (κ2) is 4.20. The van der Waals surface area contributed by atoms with E-state index >= 15 is 0 Å². The first-order valence-electron chi connectivity index (χ1n) is 4.98. The molecular weight excluding hydrogens is 214 g/mol. The molecule has 1 aromatic heterocycles. The molecule has 7 nitrogen and oxygen atoms in total. The molecule has 1 aliphatic rings. The van der Waals surface area contributed by atoms with Gasteiger partial charge in [0, 0.05) is 12.2 Å². The Balaban J connectivity index is 2.27. The minimum Gasteiger partial charge on any atom is -0.395 e. The minimum atomic E-state index is -0.693. The van der Waals surface area contributed by atoms with E-state index in [-0.39, 0.29) is 12.6 Å². The number of hydrogen-bond donors (Lipinski definition) is 5. The van der Waals surface area contributed by atoms with Crippen LogP contribution in [0.1, 0.15) is 18.0 Å². The van der Waals surface area contributed by atoms with Gasteiger partial charge in [0.2, 0.25) is 0 Å². The van der Waals surface area contributed by atoms with Crippen LogP contribution in [0.5, 0.6) is 0 Å². The summed E-state index contributed by atoms with van der Waals surface area (Å²) in [6.07, 6.45) is 0.965. The maximum Gasteiger partial charge on any atom is 0.325 e. The average Bonchev–Trinajstić information content (AvgIpc) is 2.59. The van der Waals surface area contributed by atoms with E-state index < -0.39 is 23.4 Å². The summed E-state index contributed by atoms with van der Waals surface area (Å²) in [7, 11) is 0. The number of nitrogens with one attached hydrogen (secondary N) is 3. The number of aromatic amines is 2. The molecule has 2 heterocycles. The van der Waals surface area contributed by atoms with Gasteiger partial charge in [-0.15, -0.1) is 0 Å². The van der Waals surface area contributed by atoms with Gasteiger partial charge in [0.05, 0.1) is 24.3 Å². The van der Waals surface area contributed by atoms with Crippen molar-refractivity contribution >= 4 is 0 Å². The summed E-state index contributed by atoms with van der Waals surface area (Å²) in [5, 5.41) is 21.4. The Morgan fingerprint density at radius 3 is 2.75 bits per heavy atom. The quantitative estimate of drug-likeness (QED) is 0.393. The van der Waals surface area contributed by atoms with E-state index in [9.17, 15) is 14.7 Å². The van der Waals surface area contributed by atoms with Crippen molar-refractivity contribution in [3.05, 3.63) is 32.6 Å². The minimum absolute atomic E-state index is 0.196. The topological polar surface area (TPSA) is 118 Å². The monoisotopic (exact) mass is 227 g/mol. The second-order valence-electron chi connectivity index (χ2n) is 3.84. The maximum absolute atomic E-state index is 11.5. The van der Waals surface area contributed by atoms with Crippen LogP contribution in [0.15, 0.2) is 15.8 Å². The van der Waals surface area contributed by atoms with Crippen molar-refractivity contribution in [3.63, 3.8) is 0 Å². The first kappa shape index (κ1) is 11.1. The molecule has 5 N–H and O–H groups in total. The molecule has 0 radical (unpaired) electrons. The molecule has 7 heteroatoms. The number of aliphatic hydroxyl groups excluding tert-OH is 2. The standard InChI is InChI=1S/C9H13N3O4/c13-3-6-7(14)1-5(11-6)4-2-10-9(16)12-8(4)15/h2,5-7,11,13-14H,1,3H2,(H2,10,12,15,16). The fourth-order valence-corrected chi connectivity index (χ4v) is 1.91. The summed E-state index contributed by atoms with van der Waals surface area (Å²) in [5.41, 5.74) is -0.687. The van der Waals surface area contributed by atoms with Crippen LogP contribution < -0.4 is 16.6 Å². The van der Waals surface area contributed by atoms with Crippen molar-refractivity contribution in [1.29, 1.82) is 0 Å². The van der Waals surface area contributed by atoms with Gasteiger partial charge in [-0.1, -0.05) is 0 Å². The Kier molecular flexibility index (Phi) is 2.90. The highest BCUT2D eigenvalue weighted by molar-refractivity contribution is 5.13. The zero-order chi connectivity index (χ0) is 11.7. The molecule has 0 aliphatic carbocycles. The summed E-state index contributed by atoms with van der Waals surface area (Å²) in [5.74, 6) is 0. The normalized spacial score (nSPS) is 29.5. The maximum atomic E-state index is 11.5. The zero-order valence-electron chi connectivity index (χ0n) is 8.43. The molecule has 0 bridgehead atoms. The van der Waals surface area contributed by atoms with Gasteiger partial charge in [-0.3, -0.25) is 9.78 Å². The number of aromatic nitrogens is 2. The van der Waals surface area contributed by atoms with Crippen molar-refractivity contribution < 1.29 is 10.2 Å². The van der Waals surface area contributed by atoms with Crippen molar-refractivity contribution in [3.8, 4) is 0 Å². The van der Waals surface area contributed by atoms with E-state index in [1.807, 2.05) is 0 Å². The average molecular weight is 227 g/mol. The lowest BCUT2D eigenvalue weighted by Gasteiger charge is -2.11. The smallest absolute Gasteiger partial charge is 0.325 e. The third kappa shape index (κ3) is 1.92. The predicted molar refractivity (Wildman–Crippen MR) is 55.1 cm³/mol. The van der Waals surface area contributed by atoms with Gasteiger partial charge in [-0.25, -0.2) is 4.79 Å². The summed E-state index contributed by atoms with van der Waals surface area (Å²) >= 11 is 0. The third-order valence-electron chi connectivity index (χ3n) is 2.78.